The third-order valence-electron chi connectivity index (χ3n) is 8.78. The second-order valence-corrected chi connectivity index (χ2v) is 11.5. The van der Waals surface area contributed by atoms with Crippen molar-refractivity contribution in [1.29, 1.82) is 0 Å². The monoisotopic (exact) mass is 602 g/mol. The minimum absolute atomic E-state index is 0.0446. The number of ether oxygens (including phenoxy) is 1. The van der Waals surface area contributed by atoms with E-state index >= 15 is 0 Å². The summed E-state index contributed by atoms with van der Waals surface area (Å²) in [4.78, 5) is 50.9. The van der Waals surface area contributed by atoms with Crippen molar-refractivity contribution in [3.05, 3.63) is 78.4 Å². The molecule has 2 aromatic carbocycles. The van der Waals surface area contributed by atoms with Crippen molar-refractivity contribution < 1.29 is 19.1 Å². The average molecular weight is 603 g/mol. The predicted molar refractivity (Wildman–Crippen MR) is 167 cm³/mol. The first kappa shape index (κ1) is 31.0. The Balaban J connectivity index is 1.33. The van der Waals surface area contributed by atoms with Crippen LogP contribution in [0.3, 0.4) is 0 Å². The molecule has 1 aromatic heterocycles. The van der Waals surface area contributed by atoms with Gasteiger partial charge in [0.1, 0.15) is 17.3 Å². The van der Waals surface area contributed by atoms with Crippen molar-refractivity contribution in [1.82, 2.24) is 24.7 Å². The van der Waals surface area contributed by atoms with Gasteiger partial charge in [-0.05, 0) is 42.7 Å². The van der Waals surface area contributed by atoms with Gasteiger partial charge in [0.05, 0.1) is 26.1 Å². The predicted octanol–water partition coefficient (Wildman–Crippen LogP) is 0.652. The number of piperidine rings is 1. The number of amides is 3. The van der Waals surface area contributed by atoms with E-state index < -0.39 is 23.5 Å². The topological polar surface area (TPSA) is 152 Å². The summed E-state index contributed by atoms with van der Waals surface area (Å²) in [6.45, 7) is 2.06. The molecule has 2 fully saturated rings. The van der Waals surface area contributed by atoms with Crippen LogP contribution in [0, 0.1) is 0 Å². The maximum absolute atomic E-state index is 14.1. The van der Waals surface area contributed by atoms with Crippen LogP contribution in [0.25, 0.3) is 0 Å². The standard InChI is InChI=1S/C32H42N8O4/c1-37-21-35-20-25(37)19-27(34)29(41)36-28(18-23-8-10-26(44-2)11-9-23)30(42)38-15-12-32(13-16-38)31(43)39(17-14-33)22-40(32)24-6-4-3-5-7-24/h3-11,20-21,27-28H,12-19,22,33-34H2,1-2H3,(H,36,41). The lowest BCUT2D eigenvalue weighted by Gasteiger charge is -2.44. The highest BCUT2D eigenvalue weighted by molar-refractivity contribution is 5.94. The number of carbonyl (C=O) groups excluding carboxylic acids is 3. The van der Waals surface area contributed by atoms with Crippen molar-refractivity contribution in [2.24, 2.45) is 18.5 Å². The molecule has 2 aliphatic heterocycles. The number of hydrogen-bond acceptors (Lipinski definition) is 8. The van der Waals surface area contributed by atoms with Gasteiger partial charge in [0.15, 0.2) is 0 Å². The number of para-hydroxylation sites is 1. The molecule has 3 amide bonds. The zero-order valence-corrected chi connectivity index (χ0v) is 25.4. The Morgan fingerprint density at radius 3 is 2.39 bits per heavy atom. The van der Waals surface area contributed by atoms with Crippen LogP contribution in [0.5, 0.6) is 5.75 Å². The largest absolute Gasteiger partial charge is 0.497 e. The van der Waals surface area contributed by atoms with Gasteiger partial charge >= 0.3 is 0 Å². The van der Waals surface area contributed by atoms with Gasteiger partial charge in [-0.2, -0.15) is 0 Å². The molecule has 3 heterocycles. The minimum Gasteiger partial charge on any atom is -0.497 e. The summed E-state index contributed by atoms with van der Waals surface area (Å²) in [5, 5.41) is 2.94. The molecule has 2 atom stereocenters. The van der Waals surface area contributed by atoms with Crippen molar-refractivity contribution >= 4 is 23.4 Å². The van der Waals surface area contributed by atoms with E-state index in [-0.39, 0.29) is 24.7 Å². The van der Waals surface area contributed by atoms with Crippen molar-refractivity contribution in [2.75, 3.05) is 44.9 Å². The van der Waals surface area contributed by atoms with E-state index in [1.54, 1.807) is 29.4 Å². The quantitative estimate of drug-likeness (QED) is 0.289. The normalized spacial score (nSPS) is 17.5. The highest BCUT2D eigenvalue weighted by Gasteiger charge is 2.54. The zero-order chi connectivity index (χ0) is 31.3. The summed E-state index contributed by atoms with van der Waals surface area (Å²) in [7, 11) is 3.44. The molecule has 0 bridgehead atoms. The second-order valence-electron chi connectivity index (χ2n) is 11.5. The van der Waals surface area contributed by atoms with E-state index in [1.807, 2.05) is 66.2 Å². The third-order valence-corrected chi connectivity index (χ3v) is 8.78. The maximum atomic E-state index is 14.1. The molecule has 2 unspecified atom stereocenters. The van der Waals surface area contributed by atoms with Gasteiger partial charge < -0.3 is 40.8 Å². The number of anilines is 1. The van der Waals surface area contributed by atoms with Gasteiger partial charge in [0.25, 0.3) is 0 Å². The Morgan fingerprint density at radius 2 is 1.77 bits per heavy atom. The maximum Gasteiger partial charge on any atom is 0.250 e. The highest BCUT2D eigenvalue weighted by atomic mass is 16.5. The number of imidazole rings is 1. The summed E-state index contributed by atoms with van der Waals surface area (Å²) in [5.41, 5.74) is 14.0. The number of methoxy groups -OCH3 is 1. The summed E-state index contributed by atoms with van der Waals surface area (Å²) in [5.74, 6) is 0.133. The van der Waals surface area contributed by atoms with E-state index in [1.165, 1.54) is 0 Å². The Hall–Kier alpha value is -4.42. The number of nitrogens with two attached hydrogens (primary N) is 2. The minimum atomic E-state index is -0.856. The van der Waals surface area contributed by atoms with Crippen LogP contribution in [0.4, 0.5) is 5.69 Å². The van der Waals surface area contributed by atoms with Gasteiger partial charge in [-0.1, -0.05) is 30.3 Å². The fourth-order valence-corrected chi connectivity index (χ4v) is 6.22. The van der Waals surface area contributed by atoms with Crippen molar-refractivity contribution in [3.8, 4) is 5.75 Å². The fraction of sp³-hybridized carbons (Fsp3) is 0.438. The number of carbonyl (C=O) groups is 3. The molecule has 234 valence electrons. The number of aromatic nitrogens is 2. The van der Waals surface area contributed by atoms with Gasteiger partial charge in [-0.15, -0.1) is 0 Å². The molecule has 5 N–H and O–H groups in total. The first-order chi connectivity index (χ1) is 21.3. The molecule has 1 spiro atoms. The smallest absolute Gasteiger partial charge is 0.250 e. The molecule has 2 aliphatic rings. The molecular formula is C32H42N8O4. The Morgan fingerprint density at radius 1 is 1.07 bits per heavy atom. The lowest BCUT2D eigenvalue weighted by Crippen LogP contribution is -2.60. The first-order valence-corrected chi connectivity index (χ1v) is 15.0. The van der Waals surface area contributed by atoms with Crippen LogP contribution < -0.4 is 26.4 Å². The van der Waals surface area contributed by atoms with E-state index in [0.717, 1.165) is 16.9 Å². The molecule has 0 saturated carbocycles. The molecule has 3 aromatic rings. The number of nitrogens with zero attached hydrogens (tertiary/aromatic N) is 5. The lowest BCUT2D eigenvalue weighted by atomic mass is 9.85. The lowest BCUT2D eigenvalue weighted by molar-refractivity contribution is -0.140. The van der Waals surface area contributed by atoms with Gasteiger partial charge in [0, 0.05) is 63.6 Å². The van der Waals surface area contributed by atoms with Crippen LogP contribution in [0.15, 0.2) is 67.1 Å². The van der Waals surface area contributed by atoms with Crippen LogP contribution >= 0.6 is 0 Å². The van der Waals surface area contributed by atoms with E-state index in [9.17, 15) is 14.4 Å². The van der Waals surface area contributed by atoms with Crippen LogP contribution in [0.1, 0.15) is 24.1 Å². The second kappa shape index (κ2) is 13.5. The molecule has 44 heavy (non-hydrogen) atoms. The number of hydrogen-bond donors (Lipinski definition) is 3. The SMILES string of the molecule is COc1ccc(CC(NC(=O)C(N)Cc2cncn2C)C(=O)N2CCC3(CC2)C(=O)N(CCN)CN3c2ccccc2)cc1. The summed E-state index contributed by atoms with van der Waals surface area (Å²) in [6.07, 6.45) is 4.84. The molecule has 5 rings (SSSR count). The van der Waals surface area contributed by atoms with Crippen LogP contribution in [-0.2, 0) is 34.3 Å². The third kappa shape index (κ3) is 6.41. The van der Waals surface area contributed by atoms with Crippen LogP contribution in [0.2, 0.25) is 0 Å². The average Bonchev–Trinajstić information content (AvgIpc) is 3.57. The fourth-order valence-electron chi connectivity index (χ4n) is 6.22. The van der Waals surface area contributed by atoms with Crippen molar-refractivity contribution in [3.63, 3.8) is 0 Å². The number of nitrogens with one attached hydrogen (secondary N) is 1. The zero-order valence-electron chi connectivity index (χ0n) is 25.4. The van der Waals surface area contributed by atoms with Crippen LogP contribution in [-0.4, -0.2) is 94.7 Å². The first-order valence-electron chi connectivity index (χ1n) is 15.0. The number of likely N-dealkylation sites (tertiary alicyclic amines) is 1. The van der Waals surface area contributed by atoms with Gasteiger partial charge in [0.2, 0.25) is 17.7 Å². The highest BCUT2D eigenvalue weighted by Crippen LogP contribution is 2.39. The summed E-state index contributed by atoms with van der Waals surface area (Å²) in [6, 6.07) is 15.6. The number of rotatable bonds is 11. The number of benzene rings is 2. The van der Waals surface area contributed by atoms with E-state index in [2.05, 4.69) is 15.2 Å². The number of aryl methyl sites for hydroxylation is 1. The molecule has 0 aliphatic carbocycles. The molecule has 12 nitrogen and oxygen atoms in total. The Bertz CT molecular complexity index is 1440. The van der Waals surface area contributed by atoms with E-state index in [4.69, 9.17) is 16.2 Å². The summed E-state index contributed by atoms with van der Waals surface area (Å²) >= 11 is 0. The van der Waals surface area contributed by atoms with Crippen molar-refractivity contribution in [2.45, 2.75) is 43.3 Å². The van der Waals surface area contributed by atoms with Gasteiger partial charge in [-0.25, -0.2) is 4.98 Å². The molecule has 0 radical (unpaired) electrons. The molecule has 2 saturated heterocycles. The summed E-state index contributed by atoms with van der Waals surface area (Å²) < 4.78 is 7.09. The Kier molecular flexibility index (Phi) is 9.50. The Labute approximate surface area is 257 Å². The molecular weight excluding hydrogens is 560 g/mol. The molecule has 12 heteroatoms. The van der Waals surface area contributed by atoms with E-state index in [0.29, 0.717) is 51.4 Å². The van der Waals surface area contributed by atoms with Gasteiger partial charge in [-0.3, -0.25) is 14.4 Å².